The first-order chi connectivity index (χ1) is 13.1. The lowest BCUT2D eigenvalue weighted by atomic mass is 9.69. The maximum absolute atomic E-state index is 14.2. The number of ether oxygens (including phenoxy) is 3. The second kappa shape index (κ2) is 5.92. The highest BCUT2D eigenvalue weighted by Gasteiger charge is 2.57. The maximum Gasteiger partial charge on any atom is 0.283 e. The van der Waals surface area contributed by atoms with Crippen LogP contribution in [-0.2, 0) is 15.0 Å². The van der Waals surface area contributed by atoms with Crippen LogP contribution in [0.3, 0.4) is 0 Å². The van der Waals surface area contributed by atoms with E-state index in [2.05, 4.69) is 4.98 Å². The maximum atomic E-state index is 14.2. The molecule has 1 spiro atoms. The van der Waals surface area contributed by atoms with Gasteiger partial charge in [0.1, 0.15) is 24.0 Å². The molecule has 27 heavy (non-hydrogen) atoms. The predicted molar refractivity (Wildman–Crippen MR) is 96.8 cm³/mol. The van der Waals surface area contributed by atoms with Gasteiger partial charge in [-0.05, 0) is 36.8 Å². The lowest BCUT2D eigenvalue weighted by molar-refractivity contribution is -0.116. The molecule has 3 aliphatic rings. The number of benzene rings is 1. The number of halogens is 1. The normalized spacial score (nSPS) is 31.5. The fourth-order valence-electron chi connectivity index (χ4n) is 4.62. The topological polar surface area (TPSA) is 79.0 Å². The molecule has 0 aliphatic carbocycles. The van der Waals surface area contributed by atoms with E-state index in [-0.39, 0.29) is 24.1 Å². The van der Waals surface area contributed by atoms with E-state index in [1.807, 2.05) is 25.1 Å². The minimum atomic E-state index is -0.698. The van der Waals surface area contributed by atoms with Crippen molar-refractivity contribution in [1.29, 1.82) is 0 Å². The highest BCUT2D eigenvalue weighted by atomic mass is 19.1. The summed E-state index contributed by atoms with van der Waals surface area (Å²) in [5.41, 5.74) is 7.21. The quantitative estimate of drug-likeness (QED) is 0.782. The van der Waals surface area contributed by atoms with Crippen molar-refractivity contribution >= 4 is 6.02 Å². The summed E-state index contributed by atoms with van der Waals surface area (Å²) in [4.78, 5) is 8.47. The smallest absolute Gasteiger partial charge is 0.283 e. The fraction of sp³-hybridized carbons (Fsp3) is 0.400. The lowest BCUT2D eigenvalue weighted by Crippen LogP contribution is -2.56. The van der Waals surface area contributed by atoms with E-state index in [9.17, 15) is 4.39 Å². The average molecular weight is 369 g/mol. The molecule has 6 nitrogen and oxygen atoms in total. The number of pyridine rings is 1. The summed E-state index contributed by atoms with van der Waals surface area (Å²) >= 11 is 0. The van der Waals surface area contributed by atoms with Crippen LogP contribution in [0.15, 0.2) is 41.5 Å². The van der Waals surface area contributed by atoms with E-state index >= 15 is 0 Å². The molecule has 1 saturated heterocycles. The third kappa shape index (κ3) is 2.41. The number of aliphatic imine (C=N–C) groups is 1. The highest BCUT2D eigenvalue weighted by molar-refractivity contribution is 5.75. The van der Waals surface area contributed by atoms with E-state index in [1.165, 1.54) is 6.20 Å². The molecule has 1 fully saturated rings. The van der Waals surface area contributed by atoms with Crippen molar-refractivity contribution in [3.05, 3.63) is 48.0 Å². The Morgan fingerprint density at radius 2 is 2.19 bits per heavy atom. The standard InChI is InChI=1S/C20H20FN3O3/c1-11-17-16(6-8-25-11)27-15-5-4-12(13-3-2-7-23-18(13)21)9-14(15)20(17)10-26-19(22)24-20/h2-5,7,9,11,16-17H,6,8,10H2,1H3,(H2,22,24)/t11-,16?,17?,20+/m1/s1. The zero-order chi connectivity index (χ0) is 18.6. The number of hydrogen-bond donors (Lipinski definition) is 1. The van der Waals surface area contributed by atoms with Gasteiger partial charge in [0.25, 0.3) is 6.02 Å². The lowest BCUT2D eigenvalue weighted by Gasteiger charge is -2.48. The molecule has 2 aromatic rings. The third-order valence-electron chi connectivity index (χ3n) is 5.79. The number of aromatic nitrogens is 1. The second-order valence-electron chi connectivity index (χ2n) is 7.26. The Balaban J connectivity index is 1.70. The van der Waals surface area contributed by atoms with Crippen LogP contribution in [0.25, 0.3) is 11.1 Å². The Kier molecular flexibility index (Phi) is 3.62. The molecule has 7 heteroatoms. The van der Waals surface area contributed by atoms with Crippen molar-refractivity contribution in [3.63, 3.8) is 0 Å². The van der Waals surface area contributed by atoms with Crippen LogP contribution >= 0.6 is 0 Å². The van der Waals surface area contributed by atoms with Crippen LogP contribution < -0.4 is 10.5 Å². The predicted octanol–water partition coefficient (Wildman–Crippen LogP) is 2.61. The van der Waals surface area contributed by atoms with Gasteiger partial charge in [0.05, 0.1) is 18.6 Å². The minimum Gasteiger partial charge on any atom is -0.489 e. The van der Waals surface area contributed by atoms with Crippen LogP contribution in [0.2, 0.25) is 0 Å². The molecule has 0 saturated carbocycles. The summed E-state index contributed by atoms with van der Waals surface area (Å²) in [5.74, 6) is 0.190. The summed E-state index contributed by atoms with van der Waals surface area (Å²) in [7, 11) is 0. The van der Waals surface area contributed by atoms with Crippen LogP contribution in [-0.4, -0.2) is 36.4 Å². The van der Waals surface area contributed by atoms with Crippen molar-refractivity contribution in [2.24, 2.45) is 16.6 Å². The molecule has 3 aliphatic heterocycles. The monoisotopic (exact) mass is 369 g/mol. The molecule has 0 radical (unpaired) electrons. The number of nitrogens with zero attached hydrogens (tertiary/aromatic N) is 2. The van der Waals surface area contributed by atoms with Gasteiger partial charge in [0.15, 0.2) is 0 Å². The SMILES string of the molecule is C[C@H]1OCCC2Oc3ccc(-c4cccnc4F)cc3[C@@]3(COC(N)=N3)C21. The molecule has 140 valence electrons. The Morgan fingerprint density at radius 3 is 2.96 bits per heavy atom. The Hall–Kier alpha value is -2.67. The first-order valence-corrected chi connectivity index (χ1v) is 9.10. The number of hydrogen-bond acceptors (Lipinski definition) is 6. The van der Waals surface area contributed by atoms with Gasteiger partial charge in [-0.15, -0.1) is 0 Å². The first-order valence-electron chi connectivity index (χ1n) is 9.10. The van der Waals surface area contributed by atoms with Crippen LogP contribution in [0.4, 0.5) is 4.39 Å². The van der Waals surface area contributed by atoms with Crippen molar-refractivity contribution in [2.45, 2.75) is 31.1 Å². The summed E-state index contributed by atoms with van der Waals surface area (Å²) in [6, 6.07) is 9.22. The van der Waals surface area contributed by atoms with Crippen molar-refractivity contribution in [1.82, 2.24) is 4.98 Å². The Labute approximate surface area is 156 Å². The summed E-state index contributed by atoms with van der Waals surface area (Å²) in [5, 5.41) is 0. The molecule has 2 unspecified atom stereocenters. The van der Waals surface area contributed by atoms with Crippen molar-refractivity contribution in [3.8, 4) is 16.9 Å². The number of fused-ring (bicyclic) bond motifs is 4. The van der Waals surface area contributed by atoms with Gasteiger partial charge >= 0.3 is 0 Å². The molecule has 4 atom stereocenters. The first kappa shape index (κ1) is 16.5. The molecular weight excluding hydrogens is 349 g/mol. The minimum absolute atomic E-state index is 0.0273. The van der Waals surface area contributed by atoms with E-state index < -0.39 is 11.5 Å². The van der Waals surface area contributed by atoms with Gasteiger partial charge in [0, 0.05) is 23.7 Å². The Bertz CT molecular complexity index is 934. The molecule has 4 heterocycles. The number of amidine groups is 1. The number of nitrogens with two attached hydrogens (primary N) is 1. The fourth-order valence-corrected chi connectivity index (χ4v) is 4.62. The van der Waals surface area contributed by atoms with Gasteiger partial charge in [0.2, 0.25) is 5.95 Å². The van der Waals surface area contributed by atoms with E-state index in [4.69, 9.17) is 24.9 Å². The average Bonchev–Trinajstić information content (AvgIpc) is 3.04. The highest BCUT2D eigenvalue weighted by Crippen LogP contribution is 2.52. The molecule has 1 aromatic heterocycles. The zero-order valence-electron chi connectivity index (χ0n) is 14.9. The zero-order valence-corrected chi connectivity index (χ0v) is 14.9. The molecule has 0 amide bonds. The van der Waals surface area contributed by atoms with Crippen LogP contribution in [0.1, 0.15) is 18.9 Å². The van der Waals surface area contributed by atoms with Gasteiger partial charge in [-0.25, -0.2) is 9.98 Å². The van der Waals surface area contributed by atoms with E-state index in [0.29, 0.717) is 24.3 Å². The molecule has 5 rings (SSSR count). The van der Waals surface area contributed by atoms with Gasteiger partial charge in [-0.1, -0.05) is 6.07 Å². The largest absolute Gasteiger partial charge is 0.489 e. The van der Waals surface area contributed by atoms with Gasteiger partial charge in [-0.3, -0.25) is 0 Å². The molecule has 2 N–H and O–H groups in total. The molecule has 0 bridgehead atoms. The van der Waals surface area contributed by atoms with Crippen LogP contribution in [0.5, 0.6) is 5.75 Å². The van der Waals surface area contributed by atoms with E-state index in [1.54, 1.807) is 12.1 Å². The molecular formula is C20H20FN3O3. The van der Waals surface area contributed by atoms with Gasteiger partial charge in [-0.2, -0.15) is 4.39 Å². The summed E-state index contributed by atoms with van der Waals surface area (Å²) in [6.45, 7) is 3.00. The third-order valence-corrected chi connectivity index (χ3v) is 5.79. The second-order valence-corrected chi connectivity index (χ2v) is 7.26. The van der Waals surface area contributed by atoms with Crippen molar-refractivity contribution < 1.29 is 18.6 Å². The summed E-state index contributed by atoms with van der Waals surface area (Å²) < 4.78 is 32.0. The van der Waals surface area contributed by atoms with Crippen LogP contribution in [0, 0.1) is 11.9 Å². The van der Waals surface area contributed by atoms with Crippen molar-refractivity contribution in [2.75, 3.05) is 13.2 Å². The van der Waals surface area contributed by atoms with E-state index in [0.717, 1.165) is 17.7 Å². The number of rotatable bonds is 1. The molecule has 1 aromatic carbocycles. The Morgan fingerprint density at radius 1 is 1.30 bits per heavy atom. The van der Waals surface area contributed by atoms with Gasteiger partial charge < -0.3 is 19.9 Å². The summed E-state index contributed by atoms with van der Waals surface area (Å²) in [6.07, 6.45) is 2.13.